The van der Waals surface area contributed by atoms with Crippen LogP contribution in [0.25, 0.3) is 0 Å². The fourth-order valence-corrected chi connectivity index (χ4v) is 2.46. The zero-order chi connectivity index (χ0) is 17.6. The zero-order valence-corrected chi connectivity index (χ0v) is 14.0. The molecule has 7 nitrogen and oxygen atoms in total. The molecule has 2 aromatic carbocycles. The number of aromatic nitrogens is 4. The Bertz CT molecular complexity index is 814. The first-order valence-corrected chi connectivity index (χ1v) is 7.85. The number of anilines is 1. The number of aryl methyl sites for hydroxylation is 1. The zero-order valence-electron chi connectivity index (χ0n) is 14.0. The van der Waals surface area contributed by atoms with Crippen LogP contribution < -0.4 is 15.2 Å². The molecule has 0 saturated heterocycles. The molecule has 3 rings (SSSR count). The van der Waals surface area contributed by atoms with E-state index in [4.69, 9.17) is 4.74 Å². The highest BCUT2D eigenvalue weighted by molar-refractivity contribution is 5.95. The third-order valence-electron chi connectivity index (χ3n) is 3.88. The summed E-state index contributed by atoms with van der Waals surface area (Å²) in [5.41, 5.74) is 2.82. The molecule has 0 aliphatic carbocycles. The molecule has 0 saturated carbocycles. The highest BCUT2D eigenvalue weighted by Gasteiger charge is 2.21. The van der Waals surface area contributed by atoms with Gasteiger partial charge in [0.25, 0.3) is 0 Å². The Morgan fingerprint density at radius 3 is 2.48 bits per heavy atom. The van der Waals surface area contributed by atoms with Crippen LogP contribution in [0.5, 0.6) is 5.75 Å². The number of hydrogen-bond acceptors (Lipinski definition) is 5. The number of nitrogens with zero attached hydrogens (tertiary/aromatic N) is 4. The fourth-order valence-electron chi connectivity index (χ4n) is 2.46. The predicted octanol–water partition coefficient (Wildman–Crippen LogP) is 2.11. The normalized spacial score (nSPS) is 11.8. The minimum Gasteiger partial charge on any atom is -0.497 e. The molecule has 25 heavy (non-hydrogen) atoms. The van der Waals surface area contributed by atoms with Crippen molar-refractivity contribution in [1.82, 2.24) is 20.6 Å². The van der Waals surface area contributed by atoms with Gasteiger partial charge in [-0.25, -0.2) is 0 Å². The van der Waals surface area contributed by atoms with Crippen LogP contribution in [0, 0.1) is 6.92 Å². The molecule has 0 aliphatic rings. The van der Waals surface area contributed by atoms with Crippen LogP contribution in [-0.4, -0.2) is 28.5 Å². The van der Waals surface area contributed by atoms with Crippen LogP contribution in [-0.2, 0) is 11.2 Å². The summed E-state index contributed by atoms with van der Waals surface area (Å²) < 4.78 is 5.16. The second-order valence-electron chi connectivity index (χ2n) is 5.70. The molecule has 0 bridgehead atoms. The van der Waals surface area contributed by atoms with Gasteiger partial charge in [-0.15, -0.1) is 0 Å². The molecule has 0 fully saturated rings. The Morgan fingerprint density at radius 1 is 1.16 bits per heavy atom. The van der Waals surface area contributed by atoms with E-state index in [1.807, 2.05) is 55.5 Å². The maximum atomic E-state index is 12.8. The van der Waals surface area contributed by atoms with Crippen LogP contribution in [0.3, 0.4) is 0 Å². The van der Waals surface area contributed by atoms with Crippen LogP contribution >= 0.6 is 0 Å². The van der Waals surface area contributed by atoms with E-state index < -0.39 is 5.92 Å². The van der Waals surface area contributed by atoms with Gasteiger partial charge in [0.05, 0.1) is 13.0 Å². The SMILES string of the molecule is COc1ccc(C[C@H](C(=O)Nc2ccc(C)cc2)c2nnn[n-]2)cc1. The minimum absolute atomic E-state index is 0.200. The smallest absolute Gasteiger partial charge is 0.232 e. The molecule has 0 aliphatic heterocycles. The van der Waals surface area contributed by atoms with E-state index in [2.05, 4.69) is 25.9 Å². The standard InChI is InChI=1S/C18H19N5O2/c1-12-3-7-14(8-4-12)19-18(24)16(17-20-22-23-21-17)11-13-5-9-15(25-2)10-6-13/h3-10,16H,11H2,1-2H3,(H2,19,20,21,22,23,24)/p-1/t16-/m0/s1. The lowest BCUT2D eigenvalue weighted by Gasteiger charge is -2.17. The summed E-state index contributed by atoms with van der Waals surface area (Å²) in [6.07, 6.45) is 0.440. The first-order valence-electron chi connectivity index (χ1n) is 7.85. The van der Waals surface area contributed by atoms with Crippen molar-refractivity contribution >= 4 is 11.6 Å². The van der Waals surface area contributed by atoms with Crippen molar-refractivity contribution in [3.8, 4) is 5.75 Å². The molecule has 1 heterocycles. The molecule has 1 atom stereocenters. The van der Waals surface area contributed by atoms with E-state index >= 15 is 0 Å². The molecular formula is C18H18N5O2-. The van der Waals surface area contributed by atoms with Gasteiger partial charge in [-0.1, -0.05) is 29.8 Å². The number of benzene rings is 2. The summed E-state index contributed by atoms with van der Waals surface area (Å²) in [6.45, 7) is 1.99. The van der Waals surface area contributed by atoms with Crippen LogP contribution in [0.2, 0.25) is 0 Å². The van der Waals surface area contributed by atoms with Gasteiger partial charge in [-0.3, -0.25) is 15.1 Å². The van der Waals surface area contributed by atoms with Gasteiger partial charge in [0.2, 0.25) is 5.91 Å². The third-order valence-corrected chi connectivity index (χ3v) is 3.88. The van der Waals surface area contributed by atoms with Gasteiger partial charge in [-0.05, 0) is 43.2 Å². The summed E-state index contributed by atoms with van der Waals surface area (Å²) in [6, 6.07) is 15.1. The molecule has 0 unspecified atom stereocenters. The van der Waals surface area contributed by atoms with E-state index in [0.29, 0.717) is 12.2 Å². The topological polar surface area (TPSA) is 91.1 Å². The molecule has 1 aromatic heterocycles. The Hall–Kier alpha value is -3.22. The number of rotatable bonds is 6. The van der Waals surface area contributed by atoms with Crippen molar-refractivity contribution in [2.24, 2.45) is 0 Å². The quantitative estimate of drug-likeness (QED) is 0.741. The fraction of sp³-hybridized carbons (Fsp3) is 0.222. The van der Waals surface area contributed by atoms with E-state index in [1.54, 1.807) is 7.11 Å². The number of ether oxygens (including phenoxy) is 1. The third kappa shape index (κ3) is 4.20. The number of tetrazole rings is 1. The maximum Gasteiger partial charge on any atom is 0.232 e. The summed E-state index contributed by atoms with van der Waals surface area (Å²) >= 11 is 0. The minimum atomic E-state index is -0.579. The van der Waals surface area contributed by atoms with Gasteiger partial charge in [0.1, 0.15) is 5.75 Å². The van der Waals surface area contributed by atoms with Gasteiger partial charge in [0, 0.05) is 11.5 Å². The number of methoxy groups -OCH3 is 1. The van der Waals surface area contributed by atoms with Crippen molar-refractivity contribution in [3.63, 3.8) is 0 Å². The Balaban J connectivity index is 1.79. The number of carbonyl (C=O) groups is 1. The molecule has 7 heteroatoms. The lowest BCUT2D eigenvalue weighted by Crippen LogP contribution is -2.24. The molecule has 3 aromatic rings. The molecule has 128 valence electrons. The summed E-state index contributed by atoms with van der Waals surface area (Å²) in [5, 5.41) is 17.6. The first-order chi connectivity index (χ1) is 12.2. The monoisotopic (exact) mass is 336 g/mol. The molecule has 1 amide bonds. The van der Waals surface area contributed by atoms with Crippen molar-refractivity contribution in [3.05, 3.63) is 65.5 Å². The molecule has 1 N–H and O–H groups in total. The summed E-state index contributed by atoms with van der Waals surface area (Å²) in [5.74, 6) is 0.289. The summed E-state index contributed by atoms with van der Waals surface area (Å²) in [7, 11) is 1.61. The van der Waals surface area contributed by atoms with Crippen molar-refractivity contribution in [2.45, 2.75) is 19.3 Å². The molecule has 0 spiro atoms. The second-order valence-corrected chi connectivity index (χ2v) is 5.70. The van der Waals surface area contributed by atoms with Gasteiger partial charge < -0.3 is 15.2 Å². The number of carbonyl (C=O) groups excluding carboxylic acids is 1. The highest BCUT2D eigenvalue weighted by Crippen LogP contribution is 2.21. The highest BCUT2D eigenvalue weighted by atomic mass is 16.5. The Kier molecular flexibility index (Phi) is 5.03. The van der Waals surface area contributed by atoms with E-state index in [1.165, 1.54) is 0 Å². The van der Waals surface area contributed by atoms with Gasteiger partial charge in [0.15, 0.2) is 0 Å². The lowest BCUT2D eigenvalue weighted by molar-refractivity contribution is -0.117. The Labute approximate surface area is 145 Å². The first kappa shape index (κ1) is 16.6. The molecule has 0 radical (unpaired) electrons. The lowest BCUT2D eigenvalue weighted by atomic mass is 9.97. The van der Waals surface area contributed by atoms with Crippen LogP contribution in [0.4, 0.5) is 5.69 Å². The van der Waals surface area contributed by atoms with Crippen molar-refractivity contribution in [1.29, 1.82) is 0 Å². The van der Waals surface area contributed by atoms with E-state index in [0.717, 1.165) is 22.6 Å². The predicted molar refractivity (Wildman–Crippen MR) is 92.4 cm³/mol. The van der Waals surface area contributed by atoms with Gasteiger partial charge >= 0.3 is 0 Å². The summed E-state index contributed by atoms with van der Waals surface area (Å²) in [4.78, 5) is 12.8. The average Bonchev–Trinajstić information content (AvgIpc) is 3.16. The van der Waals surface area contributed by atoms with E-state index in [9.17, 15) is 4.79 Å². The second kappa shape index (κ2) is 7.57. The number of amides is 1. The maximum absolute atomic E-state index is 12.8. The number of hydrogen-bond donors (Lipinski definition) is 1. The van der Waals surface area contributed by atoms with Gasteiger partial charge in [-0.2, -0.15) is 5.21 Å². The Morgan fingerprint density at radius 2 is 1.88 bits per heavy atom. The molecular weight excluding hydrogens is 318 g/mol. The van der Waals surface area contributed by atoms with Crippen molar-refractivity contribution < 1.29 is 9.53 Å². The average molecular weight is 336 g/mol. The van der Waals surface area contributed by atoms with E-state index in [-0.39, 0.29) is 5.91 Å². The van der Waals surface area contributed by atoms with Crippen molar-refractivity contribution in [2.75, 3.05) is 12.4 Å². The van der Waals surface area contributed by atoms with Crippen LogP contribution in [0.1, 0.15) is 22.9 Å². The largest absolute Gasteiger partial charge is 0.497 e. The van der Waals surface area contributed by atoms with Crippen LogP contribution in [0.15, 0.2) is 48.5 Å². The number of nitrogens with one attached hydrogen (secondary N) is 1.